The molecule has 0 radical (unpaired) electrons. The van der Waals surface area contributed by atoms with Gasteiger partial charge in [-0.05, 0) is 45.0 Å². The Labute approximate surface area is 145 Å². The number of nitrogens with zero attached hydrogens (tertiary/aromatic N) is 1. The van der Waals surface area contributed by atoms with Crippen LogP contribution in [0.25, 0.3) is 0 Å². The summed E-state index contributed by atoms with van der Waals surface area (Å²) in [5, 5.41) is 0.726. The fourth-order valence-electron chi connectivity index (χ4n) is 1.63. The monoisotopic (exact) mass is 345 g/mol. The van der Waals surface area contributed by atoms with Crippen LogP contribution in [0.3, 0.4) is 0 Å². The van der Waals surface area contributed by atoms with Crippen LogP contribution in [-0.4, -0.2) is 23.1 Å². The van der Waals surface area contributed by atoms with Crippen molar-refractivity contribution in [3.05, 3.63) is 60.7 Å². The van der Waals surface area contributed by atoms with Gasteiger partial charge in [-0.25, -0.2) is 9.59 Å². The first-order valence-corrected chi connectivity index (χ1v) is 7.54. The van der Waals surface area contributed by atoms with Crippen LogP contribution in [-0.2, 0) is 9.68 Å². The third-order valence-electron chi connectivity index (χ3n) is 2.75. The summed E-state index contributed by atoms with van der Waals surface area (Å²) in [4.78, 5) is 33.7. The number of hydroxylamine groups is 2. The quantitative estimate of drug-likeness (QED) is 0.463. The van der Waals surface area contributed by atoms with Gasteiger partial charge in [-0.15, -0.1) is 0 Å². The summed E-state index contributed by atoms with van der Waals surface area (Å²) in [5.41, 5.74) is -0.842. The first-order chi connectivity index (χ1) is 11.8. The molecule has 25 heavy (non-hydrogen) atoms. The van der Waals surface area contributed by atoms with E-state index >= 15 is 0 Å². The Kier molecular flexibility index (Phi) is 5.97. The van der Waals surface area contributed by atoms with Gasteiger partial charge in [-0.1, -0.05) is 36.4 Å². The second-order valence-electron chi connectivity index (χ2n) is 5.94. The Bertz CT molecular complexity index is 641. The van der Waals surface area contributed by atoms with Gasteiger partial charge in [0.1, 0.15) is 11.5 Å². The van der Waals surface area contributed by atoms with Crippen molar-refractivity contribution in [2.45, 2.75) is 26.3 Å². The van der Waals surface area contributed by atoms with E-state index in [2.05, 4.69) is 0 Å². The summed E-state index contributed by atoms with van der Waals surface area (Å²) in [6.07, 6.45) is -2.10. The molecule has 0 fully saturated rings. The fourth-order valence-corrected chi connectivity index (χ4v) is 1.63. The van der Waals surface area contributed by atoms with Crippen molar-refractivity contribution in [3.8, 4) is 11.5 Å². The van der Waals surface area contributed by atoms with Crippen molar-refractivity contribution < 1.29 is 28.7 Å². The number of rotatable bonds is 4. The lowest BCUT2D eigenvalue weighted by Gasteiger charge is -2.29. The normalized spacial score (nSPS) is 10.9. The van der Waals surface area contributed by atoms with Crippen molar-refractivity contribution in [2.24, 2.45) is 0 Å². The van der Waals surface area contributed by atoms with E-state index in [0.29, 0.717) is 11.5 Å². The van der Waals surface area contributed by atoms with Crippen LogP contribution in [0.5, 0.6) is 11.5 Å². The molecule has 0 heterocycles. The zero-order valence-corrected chi connectivity index (χ0v) is 14.2. The molecule has 7 heteroatoms. The number of para-hydroxylation sites is 2. The Hall–Kier alpha value is -3.06. The van der Waals surface area contributed by atoms with E-state index in [9.17, 15) is 9.59 Å². The summed E-state index contributed by atoms with van der Waals surface area (Å²) in [6, 6.07) is 16.7. The molecule has 0 atom stereocenters. The zero-order valence-electron chi connectivity index (χ0n) is 14.2. The van der Waals surface area contributed by atoms with Gasteiger partial charge >= 0.3 is 12.3 Å². The molecule has 0 bridgehead atoms. The number of hydrogen-bond donors (Lipinski definition) is 0. The third-order valence-corrected chi connectivity index (χ3v) is 2.75. The molecule has 0 N–H and O–H groups in total. The van der Waals surface area contributed by atoms with E-state index in [1.165, 1.54) is 0 Å². The summed E-state index contributed by atoms with van der Waals surface area (Å²) < 4.78 is 10.0. The summed E-state index contributed by atoms with van der Waals surface area (Å²) in [5.74, 6) is 0.599. The number of carbonyl (C=O) groups is 2. The molecule has 0 aliphatic carbocycles. The maximum Gasteiger partial charge on any atom is 0.536 e. The molecule has 2 aromatic rings. The highest BCUT2D eigenvalue weighted by atomic mass is 17.0. The maximum absolute atomic E-state index is 11.9. The molecule has 2 rings (SSSR count). The predicted molar refractivity (Wildman–Crippen MR) is 88.7 cm³/mol. The molecule has 0 saturated carbocycles. The summed E-state index contributed by atoms with van der Waals surface area (Å²) in [7, 11) is 0. The molecule has 0 aromatic heterocycles. The Balaban J connectivity index is 1.96. The zero-order chi connectivity index (χ0) is 18.3. The van der Waals surface area contributed by atoms with E-state index in [0.717, 1.165) is 5.23 Å². The van der Waals surface area contributed by atoms with Gasteiger partial charge in [0.25, 0.3) is 0 Å². The van der Waals surface area contributed by atoms with Gasteiger partial charge in [-0.2, -0.15) is 0 Å². The van der Waals surface area contributed by atoms with Crippen LogP contribution in [0.15, 0.2) is 60.7 Å². The molecule has 132 valence electrons. The van der Waals surface area contributed by atoms with Crippen LogP contribution in [0.1, 0.15) is 20.8 Å². The van der Waals surface area contributed by atoms with Gasteiger partial charge in [0.2, 0.25) is 0 Å². The maximum atomic E-state index is 11.9. The molecule has 0 aliphatic rings. The number of ether oxygens (including phenoxy) is 2. The molecule has 0 saturated heterocycles. The van der Waals surface area contributed by atoms with Gasteiger partial charge in [-0.3, -0.25) is 9.68 Å². The highest BCUT2D eigenvalue weighted by Gasteiger charge is 2.32. The van der Waals surface area contributed by atoms with Crippen LogP contribution in [0.4, 0.5) is 9.59 Å². The van der Waals surface area contributed by atoms with Gasteiger partial charge < -0.3 is 9.47 Å². The van der Waals surface area contributed by atoms with Crippen molar-refractivity contribution in [2.75, 3.05) is 0 Å². The van der Waals surface area contributed by atoms with Crippen molar-refractivity contribution in [3.63, 3.8) is 0 Å². The molecule has 0 amide bonds. The van der Waals surface area contributed by atoms with E-state index in [4.69, 9.17) is 19.1 Å². The number of hydrogen-bond acceptors (Lipinski definition) is 7. The van der Waals surface area contributed by atoms with Gasteiger partial charge in [0.15, 0.2) is 0 Å². The van der Waals surface area contributed by atoms with Crippen LogP contribution >= 0.6 is 0 Å². The standard InChI is InChI=1S/C18H19NO6/c1-18(2,3)19(24-16(20)22-14-10-6-4-7-11-14)25-17(21)23-15-12-8-5-9-13-15/h4-13H,1-3H3. The molecule has 7 nitrogen and oxygen atoms in total. The Morgan fingerprint density at radius 3 is 1.40 bits per heavy atom. The lowest BCUT2D eigenvalue weighted by Crippen LogP contribution is -2.45. The van der Waals surface area contributed by atoms with Crippen LogP contribution in [0.2, 0.25) is 0 Å². The van der Waals surface area contributed by atoms with E-state index in [1.54, 1.807) is 81.4 Å². The van der Waals surface area contributed by atoms with E-state index in [-0.39, 0.29) is 0 Å². The predicted octanol–water partition coefficient (Wildman–Crippen LogP) is 4.35. The smallest absolute Gasteiger partial charge is 0.394 e. The molecule has 0 spiro atoms. The highest BCUT2D eigenvalue weighted by Crippen LogP contribution is 2.18. The average Bonchev–Trinajstić information content (AvgIpc) is 2.55. The van der Waals surface area contributed by atoms with E-state index in [1.807, 2.05) is 0 Å². The topological polar surface area (TPSA) is 74.3 Å². The number of carbonyl (C=O) groups excluding carboxylic acids is 2. The van der Waals surface area contributed by atoms with Crippen molar-refractivity contribution in [1.82, 2.24) is 5.23 Å². The molecule has 0 aliphatic heterocycles. The molecule has 0 unspecified atom stereocenters. The van der Waals surface area contributed by atoms with Crippen molar-refractivity contribution >= 4 is 12.3 Å². The van der Waals surface area contributed by atoms with Gasteiger partial charge in [0, 0.05) is 5.23 Å². The van der Waals surface area contributed by atoms with E-state index < -0.39 is 17.8 Å². The second-order valence-corrected chi connectivity index (χ2v) is 5.94. The minimum atomic E-state index is -1.05. The molecular formula is C18H19NO6. The molecule has 2 aromatic carbocycles. The molecular weight excluding hydrogens is 326 g/mol. The Morgan fingerprint density at radius 2 is 1.08 bits per heavy atom. The third kappa shape index (κ3) is 6.15. The SMILES string of the molecule is CC(C)(C)N(OC(=O)Oc1ccccc1)OC(=O)Oc1ccccc1. The first kappa shape index (κ1) is 18.3. The lowest BCUT2D eigenvalue weighted by molar-refractivity contribution is -0.349. The highest BCUT2D eigenvalue weighted by molar-refractivity contribution is 5.65. The lowest BCUT2D eigenvalue weighted by atomic mass is 10.1. The van der Waals surface area contributed by atoms with Crippen LogP contribution in [0, 0.1) is 0 Å². The van der Waals surface area contributed by atoms with Gasteiger partial charge in [0.05, 0.1) is 5.54 Å². The minimum Gasteiger partial charge on any atom is -0.394 e. The summed E-state index contributed by atoms with van der Waals surface area (Å²) >= 11 is 0. The minimum absolute atomic E-state index is 0.299. The fraction of sp³-hybridized carbons (Fsp3) is 0.222. The average molecular weight is 345 g/mol. The Morgan fingerprint density at radius 1 is 0.720 bits per heavy atom. The largest absolute Gasteiger partial charge is 0.536 e. The second kappa shape index (κ2) is 8.16. The van der Waals surface area contributed by atoms with Crippen LogP contribution < -0.4 is 9.47 Å². The first-order valence-electron chi connectivity index (χ1n) is 7.54. The van der Waals surface area contributed by atoms with Crippen molar-refractivity contribution in [1.29, 1.82) is 0 Å². The summed E-state index contributed by atoms with van der Waals surface area (Å²) in [6.45, 7) is 5.04. The number of benzene rings is 2.